The molecule has 4 rings (SSSR count). The summed E-state index contributed by atoms with van der Waals surface area (Å²) in [5.74, 6) is -0.286. The van der Waals surface area contributed by atoms with Crippen molar-refractivity contribution in [3.8, 4) is 5.88 Å². The van der Waals surface area contributed by atoms with Crippen LogP contribution in [0.2, 0.25) is 0 Å². The molecule has 1 amide bonds. The first kappa shape index (κ1) is 19.2. The van der Waals surface area contributed by atoms with E-state index in [1.165, 1.54) is 17.8 Å². The van der Waals surface area contributed by atoms with Gasteiger partial charge in [0.15, 0.2) is 23.7 Å². The molecule has 4 N–H and O–H groups in total. The van der Waals surface area contributed by atoms with Crippen LogP contribution in [-0.4, -0.2) is 59.2 Å². The van der Waals surface area contributed by atoms with Gasteiger partial charge in [-0.25, -0.2) is 4.98 Å². The summed E-state index contributed by atoms with van der Waals surface area (Å²) in [6.45, 7) is 1.52. The highest BCUT2D eigenvalue weighted by Gasteiger charge is 2.43. The Bertz CT molecular complexity index is 1030. The molecule has 3 heterocycles. The van der Waals surface area contributed by atoms with Crippen molar-refractivity contribution in [1.82, 2.24) is 19.5 Å². The Morgan fingerprint density at radius 1 is 1.21 bits per heavy atom. The number of benzene rings is 1. The van der Waals surface area contributed by atoms with E-state index >= 15 is 0 Å². The number of rotatable bonds is 5. The van der Waals surface area contributed by atoms with E-state index in [1.54, 1.807) is 0 Å². The third-order valence-electron chi connectivity index (χ3n) is 4.38. The molecule has 1 aromatic carbocycles. The maximum atomic E-state index is 11.5. The Labute approximate surface area is 164 Å². The average Bonchev–Trinajstić information content (AvgIpc) is 3.23. The molecule has 152 valence electrons. The number of aromatic nitrogens is 4. The topological polar surface area (TPSA) is 152 Å². The predicted octanol–water partition coefficient (Wildman–Crippen LogP) is -0.0673. The minimum Gasteiger partial charge on any atom is -0.471 e. The standard InChI is InChI=1S/C18H19N5O6/c1-9(24)20-18-21-14-11(15(22-18)28-7-10-5-3-2-4-6-10)19-8-23(14)16-12(25)13(26)17(27)29-16/h2-6,8,12-13,16-17,25-27H,7H2,1H3,(H,20,21,22,24)/t12-,13+,16-,17+/m1/s1. The van der Waals surface area contributed by atoms with Gasteiger partial charge in [0.25, 0.3) is 0 Å². The number of hydrogen-bond donors (Lipinski definition) is 4. The fraction of sp³-hybridized carbons (Fsp3) is 0.333. The van der Waals surface area contributed by atoms with Crippen LogP contribution in [0.5, 0.6) is 5.88 Å². The molecule has 0 spiro atoms. The van der Waals surface area contributed by atoms with Crippen LogP contribution >= 0.6 is 0 Å². The largest absolute Gasteiger partial charge is 0.471 e. The zero-order valence-corrected chi connectivity index (χ0v) is 15.3. The summed E-state index contributed by atoms with van der Waals surface area (Å²) < 4.78 is 12.3. The number of carbonyl (C=O) groups is 1. The number of aliphatic hydroxyl groups is 3. The minimum absolute atomic E-state index is 0.0246. The lowest BCUT2D eigenvalue weighted by atomic mass is 10.2. The van der Waals surface area contributed by atoms with Gasteiger partial charge < -0.3 is 24.8 Å². The van der Waals surface area contributed by atoms with Crippen molar-refractivity contribution in [2.24, 2.45) is 0 Å². The van der Waals surface area contributed by atoms with Crippen LogP contribution in [0.15, 0.2) is 36.7 Å². The molecule has 11 heteroatoms. The quantitative estimate of drug-likeness (QED) is 0.460. The molecule has 1 fully saturated rings. The van der Waals surface area contributed by atoms with Crippen LogP contribution in [0.1, 0.15) is 18.7 Å². The van der Waals surface area contributed by atoms with E-state index in [1.807, 2.05) is 30.3 Å². The summed E-state index contributed by atoms with van der Waals surface area (Å²) in [6.07, 6.45) is -4.26. The highest BCUT2D eigenvalue weighted by atomic mass is 16.7. The van der Waals surface area contributed by atoms with Gasteiger partial charge in [0.1, 0.15) is 18.8 Å². The van der Waals surface area contributed by atoms with Gasteiger partial charge in [-0.05, 0) is 5.56 Å². The molecule has 1 aliphatic heterocycles. The first-order valence-corrected chi connectivity index (χ1v) is 8.82. The van der Waals surface area contributed by atoms with Gasteiger partial charge >= 0.3 is 0 Å². The van der Waals surface area contributed by atoms with Crippen molar-refractivity contribution in [3.63, 3.8) is 0 Å². The molecule has 1 aliphatic rings. The lowest BCUT2D eigenvalue weighted by molar-refractivity contribution is -0.141. The molecule has 29 heavy (non-hydrogen) atoms. The monoisotopic (exact) mass is 401 g/mol. The summed E-state index contributed by atoms with van der Waals surface area (Å²) in [7, 11) is 0. The Morgan fingerprint density at radius 2 is 1.97 bits per heavy atom. The van der Waals surface area contributed by atoms with Gasteiger partial charge in [-0.3, -0.25) is 14.7 Å². The van der Waals surface area contributed by atoms with E-state index in [9.17, 15) is 20.1 Å². The van der Waals surface area contributed by atoms with Crippen molar-refractivity contribution in [3.05, 3.63) is 42.2 Å². The highest BCUT2D eigenvalue weighted by molar-refractivity contribution is 5.88. The van der Waals surface area contributed by atoms with E-state index in [4.69, 9.17) is 9.47 Å². The molecule has 1 saturated heterocycles. The lowest BCUT2D eigenvalue weighted by Gasteiger charge is -2.16. The molecule has 3 aromatic rings. The molecular weight excluding hydrogens is 382 g/mol. The summed E-state index contributed by atoms with van der Waals surface area (Å²) in [6, 6.07) is 9.41. The summed E-state index contributed by atoms with van der Waals surface area (Å²) in [5, 5.41) is 32.1. The predicted molar refractivity (Wildman–Crippen MR) is 98.5 cm³/mol. The number of nitrogens with one attached hydrogen (secondary N) is 1. The van der Waals surface area contributed by atoms with E-state index in [0.29, 0.717) is 0 Å². The van der Waals surface area contributed by atoms with Crippen molar-refractivity contribution >= 4 is 23.0 Å². The van der Waals surface area contributed by atoms with Crippen LogP contribution in [0.3, 0.4) is 0 Å². The number of fused-ring (bicyclic) bond motifs is 1. The summed E-state index contributed by atoms with van der Waals surface area (Å²) in [5.41, 5.74) is 1.36. The molecule has 4 atom stereocenters. The molecule has 0 bridgehead atoms. The van der Waals surface area contributed by atoms with E-state index in [2.05, 4.69) is 20.3 Å². The molecule has 0 unspecified atom stereocenters. The molecular formula is C18H19N5O6. The Morgan fingerprint density at radius 3 is 2.62 bits per heavy atom. The van der Waals surface area contributed by atoms with E-state index in [-0.39, 0.29) is 35.5 Å². The zero-order valence-electron chi connectivity index (χ0n) is 15.3. The third-order valence-corrected chi connectivity index (χ3v) is 4.38. The van der Waals surface area contributed by atoms with Crippen molar-refractivity contribution in [2.75, 3.05) is 5.32 Å². The first-order chi connectivity index (χ1) is 13.9. The lowest BCUT2D eigenvalue weighted by Crippen LogP contribution is -2.31. The van der Waals surface area contributed by atoms with Gasteiger partial charge in [-0.2, -0.15) is 9.97 Å². The van der Waals surface area contributed by atoms with Gasteiger partial charge in [0.2, 0.25) is 17.7 Å². The second-order valence-corrected chi connectivity index (χ2v) is 6.53. The fourth-order valence-electron chi connectivity index (χ4n) is 2.99. The second kappa shape index (κ2) is 7.72. The zero-order chi connectivity index (χ0) is 20.5. The smallest absolute Gasteiger partial charge is 0.247 e. The van der Waals surface area contributed by atoms with Gasteiger partial charge in [0.05, 0.1) is 6.33 Å². The maximum absolute atomic E-state index is 11.5. The number of imidazole rings is 1. The Balaban J connectivity index is 1.73. The Kier molecular flexibility index (Phi) is 5.11. The number of aliphatic hydroxyl groups excluding tert-OH is 3. The Hall–Kier alpha value is -3.12. The number of hydrogen-bond acceptors (Lipinski definition) is 9. The van der Waals surface area contributed by atoms with Gasteiger partial charge in [-0.1, -0.05) is 30.3 Å². The first-order valence-electron chi connectivity index (χ1n) is 8.82. The third kappa shape index (κ3) is 3.76. The minimum atomic E-state index is -1.56. The van der Waals surface area contributed by atoms with Crippen LogP contribution < -0.4 is 10.1 Å². The summed E-state index contributed by atoms with van der Waals surface area (Å²) in [4.78, 5) is 24.1. The number of carbonyl (C=O) groups excluding carboxylic acids is 1. The number of nitrogens with zero attached hydrogens (tertiary/aromatic N) is 4. The molecule has 0 saturated carbocycles. The number of amides is 1. The van der Waals surface area contributed by atoms with Gasteiger partial charge in [-0.15, -0.1) is 0 Å². The molecule has 11 nitrogen and oxygen atoms in total. The fourth-order valence-corrected chi connectivity index (χ4v) is 2.99. The summed E-state index contributed by atoms with van der Waals surface area (Å²) >= 11 is 0. The second-order valence-electron chi connectivity index (χ2n) is 6.53. The average molecular weight is 401 g/mol. The van der Waals surface area contributed by atoms with E-state index in [0.717, 1.165) is 5.56 Å². The molecule has 2 aromatic heterocycles. The van der Waals surface area contributed by atoms with Crippen molar-refractivity contribution < 1.29 is 29.6 Å². The SMILES string of the molecule is CC(=O)Nc1nc(OCc2ccccc2)c2ncn([C@@H]3O[C@H](O)[C@@H](O)[C@H]3O)c2n1. The number of anilines is 1. The molecule has 0 radical (unpaired) electrons. The maximum Gasteiger partial charge on any atom is 0.247 e. The molecule has 0 aliphatic carbocycles. The van der Waals surface area contributed by atoms with E-state index < -0.39 is 24.7 Å². The highest BCUT2D eigenvalue weighted by Crippen LogP contribution is 2.32. The normalized spacial score (nSPS) is 24.0. The number of ether oxygens (including phenoxy) is 2. The van der Waals surface area contributed by atoms with Crippen LogP contribution in [0, 0.1) is 0 Å². The van der Waals surface area contributed by atoms with Crippen LogP contribution in [0.25, 0.3) is 11.2 Å². The van der Waals surface area contributed by atoms with Crippen molar-refractivity contribution in [1.29, 1.82) is 0 Å². The van der Waals surface area contributed by atoms with Crippen LogP contribution in [0.4, 0.5) is 5.95 Å². The van der Waals surface area contributed by atoms with Crippen LogP contribution in [-0.2, 0) is 16.1 Å². The van der Waals surface area contributed by atoms with Gasteiger partial charge in [0, 0.05) is 6.92 Å². The van der Waals surface area contributed by atoms with Crippen molar-refractivity contribution in [2.45, 2.75) is 38.3 Å².